The van der Waals surface area contributed by atoms with Crippen LogP contribution in [0.2, 0.25) is 0 Å². The van der Waals surface area contributed by atoms with E-state index in [0.29, 0.717) is 13.0 Å². The van der Waals surface area contributed by atoms with E-state index < -0.39 is 12.1 Å². The number of halogens is 1. The summed E-state index contributed by atoms with van der Waals surface area (Å²) in [5.74, 6) is -0.443. The Labute approximate surface area is 124 Å². The second-order valence-electron chi connectivity index (χ2n) is 4.88. The molecule has 5 nitrogen and oxygen atoms in total. The van der Waals surface area contributed by atoms with Crippen molar-refractivity contribution in [3.63, 3.8) is 0 Å². The van der Waals surface area contributed by atoms with Gasteiger partial charge in [-0.2, -0.15) is 0 Å². The van der Waals surface area contributed by atoms with E-state index in [2.05, 4.69) is 10.6 Å². The zero-order valence-corrected chi connectivity index (χ0v) is 12.2. The van der Waals surface area contributed by atoms with Gasteiger partial charge in [-0.3, -0.25) is 9.59 Å². The van der Waals surface area contributed by atoms with E-state index >= 15 is 0 Å². The van der Waals surface area contributed by atoms with Crippen LogP contribution < -0.4 is 16.4 Å². The average Bonchev–Trinajstić information content (AvgIpc) is 2.41. The summed E-state index contributed by atoms with van der Waals surface area (Å²) < 4.78 is 0. The Hall–Kier alpha value is -1.59. The van der Waals surface area contributed by atoms with E-state index in [1.54, 1.807) is 0 Å². The molecule has 1 saturated heterocycles. The summed E-state index contributed by atoms with van der Waals surface area (Å²) in [6.45, 7) is 2.65. The number of nitrogens with two attached hydrogens (primary N) is 1. The molecule has 2 atom stereocenters. The van der Waals surface area contributed by atoms with E-state index in [1.165, 1.54) is 0 Å². The Morgan fingerprint density at radius 3 is 2.65 bits per heavy atom. The van der Waals surface area contributed by atoms with E-state index in [-0.39, 0.29) is 24.2 Å². The highest BCUT2D eigenvalue weighted by Gasteiger charge is 2.26. The second-order valence-corrected chi connectivity index (χ2v) is 4.88. The molecule has 1 aliphatic rings. The van der Waals surface area contributed by atoms with Crippen LogP contribution in [0.4, 0.5) is 0 Å². The largest absolute Gasteiger partial charge is 0.354 e. The predicted molar refractivity (Wildman–Crippen MR) is 79.5 cm³/mol. The predicted octanol–water partition coefficient (Wildman–Crippen LogP) is 0.811. The van der Waals surface area contributed by atoms with Gasteiger partial charge in [-0.05, 0) is 25.3 Å². The van der Waals surface area contributed by atoms with Gasteiger partial charge in [-0.1, -0.05) is 29.8 Å². The van der Waals surface area contributed by atoms with Crippen LogP contribution in [0.15, 0.2) is 24.3 Å². The third kappa shape index (κ3) is 3.95. The number of carbonyl (C=O) groups is 2. The lowest BCUT2D eigenvalue weighted by Gasteiger charge is -2.24. The molecule has 2 amide bonds. The van der Waals surface area contributed by atoms with Crippen molar-refractivity contribution in [2.24, 2.45) is 5.73 Å². The van der Waals surface area contributed by atoms with Crippen molar-refractivity contribution < 1.29 is 9.59 Å². The average molecular weight is 298 g/mol. The van der Waals surface area contributed by atoms with Crippen LogP contribution in [0.25, 0.3) is 0 Å². The first-order valence-corrected chi connectivity index (χ1v) is 6.48. The highest BCUT2D eigenvalue weighted by molar-refractivity contribution is 5.90. The molecular formula is C14H20ClN3O2. The van der Waals surface area contributed by atoms with Gasteiger partial charge in [0.05, 0.1) is 0 Å². The zero-order valence-electron chi connectivity index (χ0n) is 11.4. The highest BCUT2D eigenvalue weighted by Crippen LogP contribution is 2.12. The van der Waals surface area contributed by atoms with Crippen molar-refractivity contribution in [3.05, 3.63) is 35.4 Å². The van der Waals surface area contributed by atoms with Crippen molar-refractivity contribution in [1.82, 2.24) is 10.6 Å². The van der Waals surface area contributed by atoms with Crippen molar-refractivity contribution in [2.45, 2.75) is 31.8 Å². The van der Waals surface area contributed by atoms with Crippen molar-refractivity contribution in [2.75, 3.05) is 6.54 Å². The molecule has 0 aromatic heterocycles. The maximum absolute atomic E-state index is 12.0. The quantitative estimate of drug-likeness (QED) is 0.772. The van der Waals surface area contributed by atoms with Gasteiger partial charge in [-0.15, -0.1) is 12.4 Å². The zero-order chi connectivity index (χ0) is 13.8. The summed E-state index contributed by atoms with van der Waals surface area (Å²) in [6.07, 6.45) is 1.54. The molecule has 2 rings (SSSR count). The molecule has 1 heterocycles. The summed E-state index contributed by atoms with van der Waals surface area (Å²) in [5, 5.41) is 5.43. The van der Waals surface area contributed by atoms with Gasteiger partial charge in [0.1, 0.15) is 12.1 Å². The lowest BCUT2D eigenvalue weighted by Crippen LogP contribution is -2.52. The molecule has 1 aliphatic heterocycles. The third-order valence-corrected chi connectivity index (χ3v) is 3.32. The second kappa shape index (κ2) is 7.26. The maximum atomic E-state index is 12.0. The van der Waals surface area contributed by atoms with Crippen LogP contribution in [0, 0.1) is 6.92 Å². The van der Waals surface area contributed by atoms with Crippen molar-refractivity contribution >= 4 is 24.2 Å². The number of nitrogens with one attached hydrogen (secondary N) is 2. The van der Waals surface area contributed by atoms with Crippen molar-refractivity contribution in [1.29, 1.82) is 0 Å². The minimum absolute atomic E-state index is 0. The molecular weight excluding hydrogens is 278 g/mol. The number of benzene rings is 1. The minimum atomic E-state index is -0.740. The molecule has 0 saturated carbocycles. The normalized spacial score (nSPS) is 19.5. The molecule has 2 unspecified atom stereocenters. The molecule has 6 heteroatoms. The molecule has 0 aliphatic carbocycles. The van der Waals surface area contributed by atoms with Gasteiger partial charge in [0.2, 0.25) is 11.8 Å². The smallest absolute Gasteiger partial charge is 0.242 e. The van der Waals surface area contributed by atoms with E-state index in [0.717, 1.165) is 17.5 Å². The monoisotopic (exact) mass is 297 g/mol. The summed E-state index contributed by atoms with van der Waals surface area (Å²) in [6, 6.07) is 6.29. The van der Waals surface area contributed by atoms with Crippen LogP contribution in [-0.2, 0) is 9.59 Å². The third-order valence-electron chi connectivity index (χ3n) is 3.32. The molecule has 20 heavy (non-hydrogen) atoms. The summed E-state index contributed by atoms with van der Waals surface area (Å²) in [4.78, 5) is 23.6. The first kappa shape index (κ1) is 16.5. The number of hydrogen-bond acceptors (Lipinski definition) is 3. The fourth-order valence-corrected chi connectivity index (χ4v) is 2.10. The Morgan fingerprint density at radius 2 is 2.05 bits per heavy atom. The van der Waals surface area contributed by atoms with Gasteiger partial charge in [0.15, 0.2) is 0 Å². The molecule has 110 valence electrons. The van der Waals surface area contributed by atoms with Crippen LogP contribution >= 0.6 is 12.4 Å². The Kier molecular flexibility index (Phi) is 5.98. The summed E-state index contributed by atoms with van der Waals surface area (Å²) in [7, 11) is 0. The molecule has 1 aromatic carbocycles. The fraction of sp³-hybridized carbons (Fsp3) is 0.429. The van der Waals surface area contributed by atoms with Gasteiger partial charge < -0.3 is 16.4 Å². The first-order chi connectivity index (χ1) is 9.08. The number of amides is 2. The van der Waals surface area contributed by atoms with Crippen LogP contribution in [0.5, 0.6) is 0 Å². The number of rotatable bonds is 3. The Balaban J connectivity index is 0.00000200. The molecule has 0 bridgehead atoms. The van der Waals surface area contributed by atoms with E-state index in [4.69, 9.17) is 5.73 Å². The van der Waals surface area contributed by atoms with E-state index in [1.807, 2.05) is 31.2 Å². The fourth-order valence-electron chi connectivity index (χ4n) is 2.10. The van der Waals surface area contributed by atoms with Crippen LogP contribution in [0.3, 0.4) is 0 Å². The van der Waals surface area contributed by atoms with Gasteiger partial charge >= 0.3 is 0 Å². The number of carbonyl (C=O) groups excluding carboxylic acids is 2. The van der Waals surface area contributed by atoms with E-state index in [9.17, 15) is 9.59 Å². The standard InChI is InChI=1S/C14H19N3O2.ClH/c1-9-4-6-10(7-5-9)12(15)14(19)17-11-3-2-8-16-13(11)18;/h4-7,11-12H,2-3,8,15H2,1H3,(H,16,18)(H,17,19);1H. The van der Waals surface area contributed by atoms with Crippen molar-refractivity contribution in [3.8, 4) is 0 Å². The highest BCUT2D eigenvalue weighted by atomic mass is 35.5. The lowest BCUT2D eigenvalue weighted by molar-refractivity contribution is -0.130. The topological polar surface area (TPSA) is 84.2 Å². The Morgan fingerprint density at radius 1 is 1.40 bits per heavy atom. The molecule has 1 fully saturated rings. The van der Waals surface area contributed by atoms with Crippen LogP contribution in [-0.4, -0.2) is 24.4 Å². The minimum Gasteiger partial charge on any atom is -0.354 e. The SMILES string of the molecule is Cc1ccc(C(N)C(=O)NC2CCCNC2=O)cc1.Cl. The summed E-state index contributed by atoms with van der Waals surface area (Å²) in [5.41, 5.74) is 7.77. The summed E-state index contributed by atoms with van der Waals surface area (Å²) >= 11 is 0. The number of hydrogen-bond donors (Lipinski definition) is 3. The lowest BCUT2D eigenvalue weighted by atomic mass is 10.0. The Bertz CT molecular complexity index is 476. The maximum Gasteiger partial charge on any atom is 0.242 e. The van der Waals surface area contributed by atoms with Gasteiger partial charge in [0, 0.05) is 6.54 Å². The molecule has 0 spiro atoms. The molecule has 1 aromatic rings. The molecule has 0 radical (unpaired) electrons. The van der Waals surface area contributed by atoms with Gasteiger partial charge in [-0.25, -0.2) is 0 Å². The van der Waals surface area contributed by atoms with Gasteiger partial charge in [0.25, 0.3) is 0 Å². The molecule has 4 N–H and O–H groups in total. The number of piperidine rings is 1. The first-order valence-electron chi connectivity index (χ1n) is 6.48. The van der Waals surface area contributed by atoms with Crippen LogP contribution in [0.1, 0.15) is 30.0 Å². The number of aryl methyl sites for hydroxylation is 1.